The van der Waals surface area contributed by atoms with E-state index in [0.717, 1.165) is 13.1 Å². The summed E-state index contributed by atoms with van der Waals surface area (Å²) < 4.78 is 0. The third-order valence-corrected chi connectivity index (χ3v) is 6.31. The summed E-state index contributed by atoms with van der Waals surface area (Å²) in [6, 6.07) is 20.5. The average molecular weight is 437 g/mol. The van der Waals surface area contributed by atoms with Gasteiger partial charge in [0.25, 0.3) is 0 Å². The number of carboxylic acids is 1. The number of quaternary nitrogens is 1. The molecule has 0 aliphatic carbocycles. The van der Waals surface area contributed by atoms with E-state index in [9.17, 15) is 9.90 Å². The van der Waals surface area contributed by atoms with E-state index in [4.69, 9.17) is 5.11 Å². The predicted molar refractivity (Wildman–Crippen MR) is 123 cm³/mol. The highest BCUT2D eigenvalue weighted by Gasteiger charge is 2.16. The van der Waals surface area contributed by atoms with Crippen molar-refractivity contribution < 1.29 is 20.3 Å². The second-order valence-corrected chi connectivity index (χ2v) is 8.61. The minimum Gasteiger partial charge on any atom is -0.872 e. The molecule has 1 saturated heterocycles. The van der Waals surface area contributed by atoms with Gasteiger partial charge in [0.1, 0.15) is 0 Å². The van der Waals surface area contributed by atoms with E-state index < -0.39 is 5.97 Å². The van der Waals surface area contributed by atoms with Crippen LogP contribution in [0, 0.1) is 13.8 Å². The fraction of sp³-hybridized carbons (Fsp3) is 0.240. The maximum absolute atomic E-state index is 10.5. The Kier molecular flexibility index (Phi) is 7.98. The number of nitrogens with two attached hydrogens (primary N) is 1. The zero-order valence-electron chi connectivity index (χ0n) is 17.9. The number of hydrogen-bond donors (Lipinski definition) is 2. The first-order valence-electron chi connectivity index (χ1n) is 10.3. The van der Waals surface area contributed by atoms with Crippen LogP contribution in [0.15, 0.2) is 76.5 Å². The van der Waals surface area contributed by atoms with Gasteiger partial charge in [0.2, 0.25) is 0 Å². The van der Waals surface area contributed by atoms with Crippen molar-refractivity contribution in [3.05, 3.63) is 83.4 Å². The van der Waals surface area contributed by atoms with Crippen LogP contribution in [0.5, 0.6) is 5.75 Å². The van der Waals surface area contributed by atoms with E-state index in [1.165, 1.54) is 64.0 Å². The van der Waals surface area contributed by atoms with Gasteiger partial charge in [-0.05, 0) is 49.7 Å². The number of carboxylic acid groups (broad SMARTS) is 1. The lowest BCUT2D eigenvalue weighted by Gasteiger charge is -2.29. The Bertz CT molecular complexity index is 1020. The van der Waals surface area contributed by atoms with E-state index in [0.29, 0.717) is 0 Å². The van der Waals surface area contributed by atoms with Crippen LogP contribution in [0.1, 0.15) is 21.5 Å². The molecule has 3 aromatic rings. The summed E-state index contributed by atoms with van der Waals surface area (Å²) in [5.41, 5.74) is 4.22. The third kappa shape index (κ3) is 6.51. The summed E-state index contributed by atoms with van der Waals surface area (Å²) in [5.74, 6) is -1.19. The molecule has 0 radical (unpaired) electrons. The van der Waals surface area contributed by atoms with Crippen molar-refractivity contribution in [3.8, 4) is 5.75 Å². The molecule has 3 aromatic carbocycles. The quantitative estimate of drug-likeness (QED) is 0.656. The maximum atomic E-state index is 10.5. The Hall–Kier alpha value is -2.96. The lowest BCUT2D eigenvalue weighted by atomic mass is 10.2. The summed E-state index contributed by atoms with van der Waals surface area (Å²) in [5, 5.41) is 21.2. The van der Waals surface area contributed by atoms with E-state index in [1.54, 1.807) is 0 Å². The normalized spacial score (nSPS) is 13.3. The summed E-state index contributed by atoms with van der Waals surface area (Å²) in [4.78, 5) is 15.5. The standard InChI is InChI=1S/C18H22N2S.C7H6O3/c1-14-7-8-17(15(2)13-14)21-18-6-4-3-5-16(18)20-11-9-19-10-12-20;8-6-3-1-5(2-4-6)7(9)10/h3-8,13,19H,9-12H2,1-2H3;1-4,8H,(H,9,10). The zero-order valence-corrected chi connectivity index (χ0v) is 18.7. The van der Waals surface area contributed by atoms with Crippen molar-refractivity contribution in [1.29, 1.82) is 0 Å². The number of aryl methyl sites for hydroxylation is 2. The van der Waals surface area contributed by atoms with Crippen LogP contribution >= 0.6 is 11.8 Å². The van der Waals surface area contributed by atoms with E-state index in [-0.39, 0.29) is 11.3 Å². The van der Waals surface area contributed by atoms with Crippen molar-refractivity contribution in [2.24, 2.45) is 0 Å². The highest BCUT2D eigenvalue weighted by Crippen LogP contribution is 2.37. The lowest BCUT2D eigenvalue weighted by Crippen LogP contribution is -2.89. The number of aromatic carboxylic acids is 1. The smallest absolute Gasteiger partial charge is 0.335 e. The van der Waals surface area contributed by atoms with Crippen molar-refractivity contribution in [2.75, 3.05) is 31.1 Å². The molecule has 0 bridgehead atoms. The van der Waals surface area contributed by atoms with Gasteiger partial charge in [-0.3, -0.25) is 0 Å². The molecule has 3 N–H and O–H groups in total. The Morgan fingerprint density at radius 2 is 1.65 bits per heavy atom. The van der Waals surface area contributed by atoms with E-state index >= 15 is 0 Å². The molecular formula is C25H28N2O3S. The van der Waals surface area contributed by atoms with E-state index in [1.807, 2.05) is 11.8 Å². The molecule has 0 saturated carbocycles. The molecule has 0 aromatic heterocycles. The number of benzene rings is 3. The molecular weight excluding hydrogens is 408 g/mol. The van der Waals surface area contributed by atoms with Gasteiger partial charge in [0, 0.05) is 9.79 Å². The van der Waals surface area contributed by atoms with Gasteiger partial charge in [-0.1, -0.05) is 53.7 Å². The Labute approximate surface area is 187 Å². The van der Waals surface area contributed by atoms with Crippen LogP contribution < -0.4 is 15.3 Å². The van der Waals surface area contributed by atoms with Crippen LogP contribution in [-0.2, 0) is 0 Å². The molecule has 0 amide bonds. The first kappa shape index (κ1) is 22.7. The Morgan fingerprint density at radius 1 is 0.968 bits per heavy atom. The SMILES string of the molecule is Cc1ccc(Sc2ccccc2N2CC[NH2+]CC2)c(C)c1.O=C(O)c1ccc([O-])cc1. The molecule has 1 aliphatic rings. The van der Waals surface area contributed by atoms with Gasteiger partial charge >= 0.3 is 5.97 Å². The van der Waals surface area contributed by atoms with Crippen LogP contribution in [0.3, 0.4) is 0 Å². The topological polar surface area (TPSA) is 80.2 Å². The first-order valence-corrected chi connectivity index (χ1v) is 11.2. The second-order valence-electron chi connectivity index (χ2n) is 7.52. The molecule has 0 atom stereocenters. The van der Waals surface area contributed by atoms with Crippen molar-refractivity contribution in [1.82, 2.24) is 0 Å². The van der Waals surface area contributed by atoms with Gasteiger partial charge in [-0.2, -0.15) is 0 Å². The minimum absolute atomic E-state index is 0.139. The number of hydrogen-bond acceptors (Lipinski definition) is 4. The van der Waals surface area contributed by atoms with Gasteiger partial charge in [0.15, 0.2) is 0 Å². The summed E-state index contributed by atoms with van der Waals surface area (Å²) >= 11 is 1.89. The Balaban J connectivity index is 0.000000229. The van der Waals surface area contributed by atoms with Gasteiger partial charge in [-0.15, -0.1) is 5.75 Å². The van der Waals surface area contributed by atoms with E-state index in [2.05, 4.69) is 66.5 Å². The van der Waals surface area contributed by atoms with Crippen molar-refractivity contribution in [2.45, 2.75) is 23.6 Å². The van der Waals surface area contributed by atoms with Crippen molar-refractivity contribution in [3.63, 3.8) is 0 Å². The summed E-state index contributed by atoms with van der Waals surface area (Å²) in [7, 11) is 0. The average Bonchev–Trinajstić information content (AvgIpc) is 2.77. The Morgan fingerprint density at radius 3 is 2.29 bits per heavy atom. The molecule has 162 valence electrons. The molecule has 1 fully saturated rings. The van der Waals surface area contributed by atoms with Crippen LogP contribution in [-0.4, -0.2) is 37.3 Å². The lowest BCUT2D eigenvalue weighted by molar-refractivity contribution is -0.655. The number of rotatable bonds is 4. The van der Waals surface area contributed by atoms with Crippen LogP contribution in [0.25, 0.3) is 0 Å². The predicted octanol–water partition coefficient (Wildman–Crippen LogP) is 3.30. The van der Waals surface area contributed by atoms with Gasteiger partial charge < -0.3 is 20.4 Å². The molecule has 1 heterocycles. The zero-order chi connectivity index (χ0) is 22.2. The largest absolute Gasteiger partial charge is 0.872 e. The van der Waals surface area contributed by atoms with Crippen molar-refractivity contribution >= 4 is 23.4 Å². The fourth-order valence-corrected chi connectivity index (χ4v) is 4.47. The monoisotopic (exact) mass is 436 g/mol. The number of nitrogens with zero attached hydrogens (tertiary/aromatic N) is 1. The highest BCUT2D eigenvalue weighted by atomic mass is 32.2. The van der Waals surface area contributed by atoms with Crippen LogP contribution in [0.2, 0.25) is 0 Å². The fourth-order valence-electron chi connectivity index (χ4n) is 3.43. The summed E-state index contributed by atoms with van der Waals surface area (Å²) in [6.07, 6.45) is 0. The molecule has 4 rings (SSSR count). The van der Waals surface area contributed by atoms with Gasteiger partial charge in [0.05, 0.1) is 37.4 Å². The molecule has 5 nitrogen and oxygen atoms in total. The summed E-state index contributed by atoms with van der Waals surface area (Å²) in [6.45, 7) is 9.04. The number of para-hydroxylation sites is 1. The number of anilines is 1. The molecule has 0 unspecified atom stereocenters. The maximum Gasteiger partial charge on any atom is 0.335 e. The first-order chi connectivity index (χ1) is 14.9. The number of piperazine rings is 1. The second kappa shape index (κ2) is 10.9. The minimum atomic E-state index is -1.01. The molecule has 1 aliphatic heterocycles. The third-order valence-electron chi connectivity index (χ3n) is 5.06. The highest BCUT2D eigenvalue weighted by molar-refractivity contribution is 7.99. The van der Waals surface area contributed by atoms with Crippen LogP contribution in [0.4, 0.5) is 5.69 Å². The molecule has 6 heteroatoms. The molecule has 31 heavy (non-hydrogen) atoms. The van der Waals surface area contributed by atoms with Gasteiger partial charge in [-0.25, -0.2) is 4.79 Å². The molecule has 0 spiro atoms. The number of carbonyl (C=O) groups is 1.